The number of hydrogen-bond donors (Lipinski definition) is 1. The summed E-state index contributed by atoms with van der Waals surface area (Å²) in [4.78, 5) is 15.3. The fourth-order valence-electron chi connectivity index (χ4n) is 1.64. The van der Waals surface area contributed by atoms with Crippen molar-refractivity contribution in [3.8, 4) is 5.75 Å². The first kappa shape index (κ1) is 15.5. The van der Waals surface area contributed by atoms with Crippen molar-refractivity contribution >= 4 is 17.5 Å². The highest BCUT2D eigenvalue weighted by Crippen LogP contribution is 2.17. The summed E-state index contributed by atoms with van der Waals surface area (Å²) in [6.45, 7) is 1.73. The van der Waals surface area contributed by atoms with E-state index in [-0.39, 0.29) is 12.4 Å². The molecule has 0 saturated carbocycles. The third-order valence-electron chi connectivity index (χ3n) is 2.76. The second-order valence-corrected chi connectivity index (χ2v) is 5.56. The Bertz CT molecular complexity index is 572. The van der Waals surface area contributed by atoms with Crippen LogP contribution in [0.2, 0.25) is 0 Å². The average Bonchev–Trinajstić information content (AvgIpc) is 2.52. The van der Waals surface area contributed by atoms with Gasteiger partial charge in [-0.25, -0.2) is 4.98 Å². The van der Waals surface area contributed by atoms with Crippen LogP contribution in [0.1, 0.15) is 17.3 Å². The molecule has 1 aromatic carbocycles. The van der Waals surface area contributed by atoms with Crippen LogP contribution in [0, 0.1) is 0 Å². The number of ether oxygens (including phenoxy) is 1. The Labute approximate surface area is 128 Å². The summed E-state index contributed by atoms with van der Waals surface area (Å²) < 4.78 is 5.50. The van der Waals surface area contributed by atoms with Gasteiger partial charge in [0.15, 0.2) is 5.78 Å². The molecule has 0 amide bonds. The van der Waals surface area contributed by atoms with Crippen LogP contribution in [0.4, 0.5) is 0 Å². The lowest BCUT2D eigenvalue weighted by molar-refractivity contribution is 0.101. The van der Waals surface area contributed by atoms with Gasteiger partial charge in [-0.2, -0.15) is 0 Å². The molecule has 0 aliphatic heterocycles. The SMILES string of the molecule is CC(=O)c1ccc(OC[C@H](O)CSc2ccccn2)cc1. The van der Waals surface area contributed by atoms with E-state index in [1.54, 1.807) is 30.5 Å². The Morgan fingerprint density at radius 1 is 1.29 bits per heavy atom. The largest absolute Gasteiger partial charge is 0.491 e. The van der Waals surface area contributed by atoms with Crippen molar-refractivity contribution in [3.05, 3.63) is 54.2 Å². The Kier molecular flexibility index (Phi) is 5.78. The van der Waals surface area contributed by atoms with E-state index in [1.807, 2.05) is 18.2 Å². The Morgan fingerprint density at radius 2 is 2.05 bits per heavy atom. The van der Waals surface area contributed by atoms with E-state index in [0.29, 0.717) is 17.1 Å². The van der Waals surface area contributed by atoms with E-state index in [0.717, 1.165) is 5.03 Å². The molecule has 0 fully saturated rings. The van der Waals surface area contributed by atoms with Crippen molar-refractivity contribution < 1.29 is 14.6 Å². The minimum absolute atomic E-state index is 0.0216. The van der Waals surface area contributed by atoms with E-state index >= 15 is 0 Å². The lowest BCUT2D eigenvalue weighted by Gasteiger charge is -2.12. The first-order chi connectivity index (χ1) is 10.1. The highest BCUT2D eigenvalue weighted by Gasteiger charge is 2.07. The Morgan fingerprint density at radius 3 is 2.67 bits per heavy atom. The van der Waals surface area contributed by atoms with E-state index < -0.39 is 6.10 Å². The Balaban J connectivity index is 1.75. The number of aromatic nitrogens is 1. The fraction of sp³-hybridized carbons (Fsp3) is 0.250. The number of aliphatic hydroxyl groups is 1. The van der Waals surface area contributed by atoms with Gasteiger partial charge in [-0.05, 0) is 43.3 Å². The lowest BCUT2D eigenvalue weighted by Crippen LogP contribution is -2.20. The number of carbonyl (C=O) groups is 1. The summed E-state index contributed by atoms with van der Waals surface area (Å²) in [5.74, 6) is 1.18. The van der Waals surface area contributed by atoms with Crippen molar-refractivity contribution in [2.45, 2.75) is 18.1 Å². The molecule has 110 valence electrons. The summed E-state index contributed by atoms with van der Waals surface area (Å²) in [6, 6.07) is 12.6. The van der Waals surface area contributed by atoms with Crippen molar-refractivity contribution in [2.24, 2.45) is 0 Å². The van der Waals surface area contributed by atoms with Crippen LogP contribution in [0.15, 0.2) is 53.7 Å². The third-order valence-corrected chi connectivity index (χ3v) is 3.85. The molecule has 2 aromatic rings. The van der Waals surface area contributed by atoms with E-state index in [1.165, 1.54) is 18.7 Å². The number of carbonyl (C=O) groups excluding carboxylic acids is 1. The molecule has 0 bridgehead atoms. The minimum atomic E-state index is -0.579. The average molecular weight is 303 g/mol. The molecule has 4 nitrogen and oxygen atoms in total. The van der Waals surface area contributed by atoms with Gasteiger partial charge >= 0.3 is 0 Å². The number of hydrogen-bond acceptors (Lipinski definition) is 5. The van der Waals surface area contributed by atoms with Crippen LogP contribution in [0.5, 0.6) is 5.75 Å². The molecular weight excluding hydrogens is 286 g/mol. The number of Topliss-reactive ketones (excluding diaryl/α,β-unsaturated/α-hetero) is 1. The normalized spacial score (nSPS) is 11.9. The maximum Gasteiger partial charge on any atom is 0.159 e. The molecule has 1 atom stereocenters. The van der Waals surface area contributed by atoms with Crippen LogP contribution in [-0.2, 0) is 0 Å². The van der Waals surface area contributed by atoms with Gasteiger partial charge < -0.3 is 9.84 Å². The molecule has 2 rings (SSSR count). The standard InChI is InChI=1S/C16H17NO3S/c1-12(18)13-5-7-15(8-6-13)20-10-14(19)11-21-16-4-2-3-9-17-16/h2-9,14,19H,10-11H2,1H3/t14-/m0/s1. The minimum Gasteiger partial charge on any atom is -0.491 e. The molecule has 0 spiro atoms. The molecule has 0 unspecified atom stereocenters. The third kappa shape index (κ3) is 5.21. The van der Waals surface area contributed by atoms with Gasteiger partial charge in [-0.3, -0.25) is 4.79 Å². The van der Waals surface area contributed by atoms with Gasteiger partial charge in [0.05, 0.1) is 11.1 Å². The predicted molar refractivity (Wildman–Crippen MR) is 82.9 cm³/mol. The van der Waals surface area contributed by atoms with Gasteiger partial charge in [0.2, 0.25) is 0 Å². The van der Waals surface area contributed by atoms with Gasteiger partial charge in [0.25, 0.3) is 0 Å². The molecule has 0 aliphatic carbocycles. The highest BCUT2D eigenvalue weighted by atomic mass is 32.2. The first-order valence-electron chi connectivity index (χ1n) is 6.61. The van der Waals surface area contributed by atoms with Gasteiger partial charge in [-0.1, -0.05) is 6.07 Å². The highest BCUT2D eigenvalue weighted by molar-refractivity contribution is 7.99. The molecule has 0 radical (unpaired) electrons. The van der Waals surface area contributed by atoms with Gasteiger partial charge in [-0.15, -0.1) is 11.8 Å². The van der Waals surface area contributed by atoms with Crippen molar-refractivity contribution in [3.63, 3.8) is 0 Å². The molecule has 1 heterocycles. The van der Waals surface area contributed by atoms with Gasteiger partial charge in [0, 0.05) is 17.5 Å². The molecule has 1 N–H and O–H groups in total. The number of benzene rings is 1. The summed E-state index contributed by atoms with van der Waals surface area (Å²) >= 11 is 1.48. The number of aliphatic hydroxyl groups excluding tert-OH is 1. The Hall–Kier alpha value is -1.85. The first-order valence-corrected chi connectivity index (χ1v) is 7.59. The molecule has 0 aliphatic rings. The molecular formula is C16H17NO3S. The topological polar surface area (TPSA) is 59.4 Å². The van der Waals surface area contributed by atoms with E-state index in [2.05, 4.69) is 4.98 Å². The maximum atomic E-state index is 11.2. The van der Waals surface area contributed by atoms with E-state index in [9.17, 15) is 9.90 Å². The summed E-state index contributed by atoms with van der Waals surface area (Å²) in [6.07, 6.45) is 1.14. The zero-order valence-corrected chi connectivity index (χ0v) is 12.5. The van der Waals surface area contributed by atoms with Crippen LogP contribution >= 0.6 is 11.8 Å². The van der Waals surface area contributed by atoms with E-state index in [4.69, 9.17) is 4.74 Å². The number of rotatable bonds is 7. The van der Waals surface area contributed by atoms with Crippen LogP contribution in [-0.4, -0.2) is 34.3 Å². The predicted octanol–water partition coefficient (Wildman–Crippen LogP) is 2.82. The summed E-state index contributed by atoms with van der Waals surface area (Å²) in [7, 11) is 0. The monoisotopic (exact) mass is 303 g/mol. The number of pyridine rings is 1. The zero-order valence-electron chi connectivity index (χ0n) is 11.7. The summed E-state index contributed by atoms with van der Waals surface area (Å²) in [5.41, 5.74) is 0.647. The summed E-state index contributed by atoms with van der Waals surface area (Å²) in [5, 5.41) is 10.8. The molecule has 21 heavy (non-hydrogen) atoms. The van der Waals surface area contributed by atoms with Crippen molar-refractivity contribution in [1.29, 1.82) is 0 Å². The lowest BCUT2D eigenvalue weighted by atomic mass is 10.1. The smallest absolute Gasteiger partial charge is 0.159 e. The van der Waals surface area contributed by atoms with Crippen molar-refractivity contribution in [2.75, 3.05) is 12.4 Å². The van der Waals surface area contributed by atoms with Crippen LogP contribution in [0.25, 0.3) is 0 Å². The number of ketones is 1. The number of thioether (sulfide) groups is 1. The molecule has 1 aromatic heterocycles. The van der Waals surface area contributed by atoms with Crippen LogP contribution < -0.4 is 4.74 Å². The molecule has 0 saturated heterocycles. The second-order valence-electron chi connectivity index (χ2n) is 4.52. The zero-order chi connectivity index (χ0) is 15.1. The quantitative estimate of drug-likeness (QED) is 0.629. The van der Waals surface area contributed by atoms with Gasteiger partial charge in [0.1, 0.15) is 12.4 Å². The second kappa shape index (κ2) is 7.81. The fourth-order valence-corrected chi connectivity index (χ4v) is 2.41. The van der Waals surface area contributed by atoms with Crippen LogP contribution in [0.3, 0.4) is 0 Å². The van der Waals surface area contributed by atoms with Crippen molar-refractivity contribution in [1.82, 2.24) is 4.98 Å². The molecule has 5 heteroatoms. The number of nitrogens with zero attached hydrogens (tertiary/aromatic N) is 1. The maximum absolute atomic E-state index is 11.2.